The molecule has 0 atom stereocenters. The summed E-state index contributed by atoms with van der Waals surface area (Å²) in [5, 5.41) is 14.0. The van der Waals surface area contributed by atoms with E-state index < -0.39 is 0 Å². The molecule has 122 valence electrons. The topological polar surface area (TPSA) is 70.2 Å². The molecule has 1 amide bonds. The van der Waals surface area contributed by atoms with Gasteiger partial charge in [0.25, 0.3) is 5.91 Å². The van der Waals surface area contributed by atoms with E-state index in [2.05, 4.69) is 27.8 Å². The van der Waals surface area contributed by atoms with E-state index >= 15 is 0 Å². The normalized spacial score (nSPS) is 10.2. The molecule has 0 unspecified atom stereocenters. The van der Waals surface area contributed by atoms with Crippen LogP contribution in [0.25, 0.3) is 0 Å². The number of unbranched alkanes of at least 4 members (excludes halogenated alkanes) is 1. The van der Waals surface area contributed by atoms with Gasteiger partial charge >= 0.3 is 0 Å². The average molecular weight is 313 g/mol. The van der Waals surface area contributed by atoms with Crippen LogP contribution in [0.2, 0.25) is 0 Å². The third-order valence-electron chi connectivity index (χ3n) is 3.37. The average Bonchev–Trinajstić information content (AvgIpc) is 2.56. The van der Waals surface area contributed by atoms with Crippen molar-refractivity contribution in [3.63, 3.8) is 0 Å². The molecule has 0 aliphatic heterocycles. The van der Waals surface area contributed by atoms with Crippen molar-refractivity contribution in [2.45, 2.75) is 19.8 Å². The van der Waals surface area contributed by atoms with Crippen molar-refractivity contribution in [1.29, 1.82) is 0 Å². The summed E-state index contributed by atoms with van der Waals surface area (Å²) in [5.41, 5.74) is 2.38. The number of carbonyl (C=O) groups is 1. The Morgan fingerprint density at radius 1 is 1.09 bits per heavy atom. The van der Waals surface area contributed by atoms with Crippen molar-refractivity contribution in [2.24, 2.45) is 0 Å². The predicted octanol–water partition coefficient (Wildman–Crippen LogP) is 2.82. The number of rotatable bonds is 7. The van der Waals surface area contributed by atoms with Crippen molar-refractivity contribution in [1.82, 2.24) is 15.5 Å². The Kier molecular flexibility index (Phi) is 5.91. The molecule has 0 aliphatic rings. The zero-order chi connectivity index (χ0) is 16.7. The van der Waals surface area contributed by atoms with Crippen molar-refractivity contribution in [3.05, 3.63) is 42.1 Å². The molecule has 2 rings (SSSR count). The summed E-state index contributed by atoms with van der Waals surface area (Å²) in [6, 6.07) is 11.4. The van der Waals surface area contributed by atoms with Crippen LogP contribution in [0.15, 0.2) is 36.4 Å². The zero-order valence-electron chi connectivity index (χ0n) is 13.8. The number of aromatic nitrogens is 2. The first-order valence-corrected chi connectivity index (χ1v) is 7.76. The van der Waals surface area contributed by atoms with Gasteiger partial charge in [0.2, 0.25) is 0 Å². The van der Waals surface area contributed by atoms with E-state index in [4.69, 9.17) is 0 Å². The molecule has 0 fully saturated rings. The molecule has 0 radical (unpaired) electrons. The number of amides is 1. The summed E-state index contributed by atoms with van der Waals surface area (Å²) in [6.45, 7) is 2.74. The van der Waals surface area contributed by atoms with Crippen molar-refractivity contribution in [3.8, 4) is 0 Å². The van der Waals surface area contributed by atoms with Crippen molar-refractivity contribution < 1.29 is 4.79 Å². The Bertz CT molecular complexity index is 622. The standard InChI is InChI=1S/C17H23N5O/c1-4-5-12-18-17(23)15-10-11-16(21-20-15)19-13-6-8-14(9-7-13)22(2)3/h6-11H,4-5,12H2,1-3H3,(H,18,23)(H,19,21). The summed E-state index contributed by atoms with van der Waals surface area (Å²) >= 11 is 0. The van der Waals surface area contributed by atoms with E-state index in [9.17, 15) is 4.79 Å². The van der Waals surface area contributed by atoms with E-state index in [1.165, 1.54) is 0 Å². The van der Waals surface area contributed by atoms with Gasteiger partial charge in [-0.2, -0.15) is 0 Å². The molecule has 0 saturated heterocycles. The molecule has 0 aliphatic carbocycles. The first-order valence-electron chi connectivity index (χ1n) is 7.76. The number of hydrogen-bond acceptors (Lipinski definition) is 5. The van der Waals surface area contributed by atoms with E-state index in [0.29, 0.717) is 18.1 Å². The fourth-order valence-electron chi connectivity index (χ4n) is 1.98. The minimum Gasteiger partial charge on any atom is -0.378 e. The maximum absolute atomic E-state index is 11.9. The molecule has 2 N–H and O–H groups in total. The lowest BCUT2D eigenvalue weighted by Crippen LogP contribution is -2.25. The first-order chi connectivity index (χ1) is 11.1. The summed E-state index contributed by atoms with van der Waals surface area (Å²) < 4.78 is 0. The van der Waals surface area contributed by atoms with Gasteiger partial charge in [0.15, 0.2) is 11.5 Å². The van der Waals surface area contributed by atoms with Gasteiger partial charge in [-0.05, 0) is 42.8 Å². The van der Waals surface area contributed by atoms with Gasteiger partial charge in [-0.3, -0.25) is 4.79 Å². The quantitative estimate of drug-likeness (QED) is 0.769. The molecule has 0 spiro atoms. The molecule has 6 heteroatoms. The van der Waals surface area contributed by atoms with Crippen LogP contribution >= 0.6 is 0 Å². The first kappa shape index (κ1) is 16.7. The third kappa shape index (κ3) is 4.95. The molecule has 1 aromatic carbocycles. The number of hydrogen-bond donors (Lipinski definition) is 2. The smallest absolute Gasteiger partial charge is 0.271 e. The van der Waals surface area contributed by atoms with Gasteiger partial charge in [0.1, 0.15) is 0 Å². The molecule has 1 aromatic heterocycles. The molecule has 2 aromatic rings. The largest absolute Gasteiger partial charge is 0.378 e. The maximum Gasteiger partial charge on any atom is 0.271 e. The highest BCUT2D eigenvalue weighted by Gasteiger charge is 2.07. The monoisotopic (exact) mass is 313 g/mol. The van der Waals surface area contributed by atoms with Gasteiger partial charge in [0, 0.05) is 32.0 Å². The third-order valence-corrected chi connectivity index (χ3v) is 3.37. The second-order valence-electron chi connectivity index (χ2n) is 5.48. The van der Waals surface area contributed by atoms with Crippen LogP contribution < -0.4 is 15.5 Å². The highest BCUT2D eigenvalue weighted by atomic mass is 16.1. The second-order valence-corrected chi connectivity index (χ2v) is 5.48. The molecule has 1 heterocycles. The van der Waals surface area contributed by atoms with Crippen LogP contribution in [0.5, 0.6) is 0 Å². The van der Waals surface area contributed by atoms with Gasteiger partial charge in [-0.15, -0.1) is 10.2 Å². The van der Waals surface area contributed by atoms with Crippen LogP contribution in [0, 0.1) is 0 Å². The number of anilines is 3. The minimum absolute atomic E-state index is 0.187. The Hall–Kier alpha value is -2.63. The highest BCUT2D eigenvalue weighted by molar-refractivity contribution is 5.92. The second kappa shape index (κ2) is 8.12. The van der Waals surface area contributed by atoms with Gasteiger partial charge in [0.05, 0.1) is 0 Å². The lowest BCUT2D eigenvalue weighted by molar-refractivity contribution is 0.0947. The Balaban J connectivity index is 1.95. The number of benzene rings is 1. The summed E-state index contributed by atoms with van der Waals surface area (Å²) in [6.07, 6.45) is 2.00. The molecule has 6 nitrogen and oxygen atoms in total. The van der Waals surface area contributed by atoms with Gasteiger partial charge in [-0.1, -0.05) is 13.3 Å². The lowest BCUT2D eigenvalue weighted by atomic mass is 10.2. The van der Waals surface area contributed by atoms with Crippen LogP contribution in [-0.4, -0.2) is 36.7 Å². The summed E-state index contributed by atoms with van der Waals surface area (Å²) in [5.74, 6) is 0.417. The lowest BCUT2D eigenvalue weighted by Gasteiger charge is -2.13. The molecular weight excluding hydrogens is 290 g/mol. The van der Waals surface area contributed by atoms with E-state index in [1.54, 1.807) is 12.1 Å². The fraction of sp³-hybridized carbons (Fsp3) is 0.353. The molecule has 0 saturated carbocycles. The van der Waals surface area contributed by atoms with Crippen LogP contribution in [0.4, 0.5) is 17.2 Å². The minimum atomic E-state index is -0.187. The predicted molar refractivity (Wildman–Crippen MR) is 93.3 cm³/mol. The Morgan fingerprint density at radius 3 is 2.39 bits per heavy atom. The zero-order valence-corrected chi connectivity index (χ0v) is 13.8. The van der Waals surface area contributed by atoms with E-state index in [-0.39, 0.29) is 5.91 Å². The SMILES string of the molecule is CCCCNC(=O)c1ccc(Nc2ccc(N(C)C)cc2)nn1. The molecular formula is C17H23N5O. The van der Waals surface area contributed by atoms with Crippen LogP contribution in [0.3, 0.4) is 0 Å². The summed E-state index contributed by atoms with van der Waals surface area (Å²) in [4.78, 5) is 13.9. The van der Waals surface area contributed by atoms with Crippen molar-refractivity contribution >= 4 is 23.1 Å². The Labute approximate surface area is 136 Å². The number of carbonyl (C=O) groups excluding carboxylic acids is 1. The van der Waals surface area contributed by atoms with Gasteiger partial charge in [-0.25, -0.2) is 0 Å². The molecule has 0 bridgehead atoms. The maximum atomic E-state index is 11.9. The fourth-order valence-corrected chi connectivity index (χ4v) is 1.98. The Morgan fingerprint density at radius 2 is 1.83 bits per heavy atom. The number of nitrogens with one attached hydrogen (secondary N) is 2. The van der Waals surface area contributed by atoms with E-state index in [0.717, 1.165) is 24.2 Å². The van der Waals surface area contributed by atoms with E-state index in [1.807, 2.05) is 43.3 Å². The number of nitrogens with zero attached hydrogens (tertiary/aromatic N) is 3. The van der Waals surface area contributed by atoms with Crippen molar-refractivity contribution in [2.75, 3.05) is 30.9 Å². The van der Waals surface area contributed by atoms with Crippen LogP contribution in [-0.2, 0) is 0 Å². The van der Waals surface area contributed by atoms with Crippen LogP contribution in [0.1, 0.15) is 30.3 Å². The summed E-state index contributed by atoms with van der Waals surface area (Å²) in [7, 11) is 4.00. The molecule has 23 heavy (non-hydrogen) atoms. The van der Waals surface area contributed by atoms with Gasteiger partial charge < -0.3 is 15.5 Å². The highest BCUT2D eigenvalue weighted by Crippen LogP contribution is 2.18.